The molecular weight excluding hydrogens is 500 g/mol. The molecule has 0 radical (unpaired) electrons. The van der Waals surface area contributed by atoms with Crippen molar-refractivity contribution >= 4 is 55.3 Å². The molecule has 0 aliphatic carbocycles. The number of benzene rings is 2. The van der Waals surface area contributed by atoms with Gasteiger partial charge < -0.3 is 24.4 Å². The van der Waals surface area contributed by atoms with Gasteiger partial charge in [0, 0.05) is 51.4 Å². The minimum Gasteiger partial charge on any atom is -0.494 e. The number of hydrogen-bond acceptors (Lipinski definition) is 11. The number of rotatable bonds is 14. The number of nitrogens with one attached hydrogen (secondary N) is 1. The zero-order valence-electron chi connectivity index (χ0n) is 21.2. The second kappa shape index (κ2) is 13.6. The Kier molecular flexibility index (Phi) is 10.2. The highest BCUT2D eigenvalue weighted by Crippen LogP contribution is 2.40. The molecule has 0 saturated carbocycles. The lowest BCUT2D eigenvalue weighted by molar-refractivity contribution is -0.384. The Bertz CT molecular complexity index is 1250. The molecule has 1 amide bonds. The molecule has 0 unspecified atom stereocenters. The van der Waals surface area contributed by atoms with Crippen molar-refractivity contribution in [3.8, 4) is 5.75 Å². The van der Waals surface area contributed by atoms with Gasteiger partial charge in [0.2, 0.25) is 11.0 Å². The van der Waals surface area contributed by atoms with Gasteiger partial charge in [-0.2, -0.15) is 0 Å². The van der Waals surface area contributed by atoms with Gasteiger partial charge in [0.1, 0.15) is 11.4 Å². The van der Waals surface area contributed by atoms with E-state index in [0.29, 0.717) is 72.0 Å². The number of thiazole rings is 1. The molecular formula is C24H30N6O6S. The van der Waals surface area contributed by atoms with E-state index in [4.69, 9.17) is 14.2 Å². The molecule has 0 aliphatic rings. The van der Waals surface area contributed by atoms with E-state index in [0.717, 1.165) is 5.69 Å². The monoisotopic (exact) mass is 530 g/mol. The fraction of sp³-hybridized carbons (Fsp3) is 0.417. The van der Waals surface area contributed by atoms with E-state index < -0.39 is 4.92 Å². The van der Waals surface area contributed by atoms with E-state index in [2.05, 4.69) is 25.4 Å². The number of nitrogens with zero attached hydrogens (tertiary/aromatic N) is 5. The van der Waals surface area contributed by atoms with Crippen molar-refractivity contribution < 1.29 is 23.9 Å². The number of methoxy groups -OCH3 is 1. The molecule has 3 rings (SSSR count). The predicted molar refractivity (Wildman–Crippen MR) is 143 cm³/mol. The maximum Gasteiger partial charge on any atom is 0.270 e. The SMILES string of the molecule is CCOCCN(CCOCC)c1cc(NC(C)=O)c(N=Nc2nc3ccc([N+](=O)[O-])cc3s2)cc1OC. The smallest absolute Gasteiger partial charge is 0.270 e. The Hall–Kier alpha value is -3.68. The van der Waals surface area contributed by atoms with Crippen LogP contribution in [0, 0.1) is 10.1 Å². The molecule has 2 aromatic carbocycles. The molecule has 1 heterocycles. The Balaban J connectivity index is 1.97. The Morgan fingerprint density at radius 1 is 1.14 bits per heavy atom. The molecule has 12 nitrogen and oxygen atoms in total. The van der Waals surface area contributed by atoms with Crippen molar-refractivity contribution in [2.24, 2.45) is 10.2 Å². The molecule has 3 aromatic rings. The summed E-state index contributed by atoms with van der Waals surface area (Å²) >= 11 is 1.18. The van der Waals surface area contributed by atoms with E-state index in [1.807, 2.05) is 13.8 Å². The highest BCUT2D eigenvalue weighted by atomic mass is 32.1. The number of nitro benzene ring substituents is 1. The van der Waals surface area contributed by atoms with Crippen LogP contribution >= 0.6 is 11.3 Å². The van der Waals surface area contributed by atoms with Gasteiger partial charge in [0.05, 0.1) is 46.8 Å². The average Bonchev–Trinajstić information content (AvgIpc) is 3.29. The summed E-state index contributed by atoms with van der Waals surface area (Å²) in [6, 6.07) is 7.89. The van der Waals surface area contributed by atoms with Gasteiger partial charge in [-0.25, -0.2) is 4.98 Å². The van der Waals surface area contributed by atoms with Gasteiger partial charge in [-0.05, 0) is 26.0 Å². The standard InChI is InChI=1S/C24H30N6O6S/c1-5-35-11-9-29(10-12-36-6-2)21-14-19(25-16(3)31)20(15-22(21)34-4)27-28-24-26-18-8-7-17(30(32)33)13-23(18)37-24/h7-8,13-15H,5-6,9-12H2,1-4H3,(H,25,31). The van der Waals surface area contributed by atoms with E-state index in [9.17, 15) is 14.9 Å². The highest BCUT2D eigenvalue weighted by Gasteiger charge is 2.18. The molecule has 0 aliphatic heterocycles. The van der Waals surface area contributed by atoms with Crippen LogP contribution in [0.5, 0.6) is 5.75 Å². The number of aromatic nitrogens is 1. The molecule has 13 heteroatoms. The molecule has 0 spiro atoms. The van der Waals surface area contributed by atoms with E-state index in [-0.39, 0.29) is 11.6 Å². The number of carbonyl (C=O) groups is 1. The van der Waals surface area contributed by atoms with E-state index in [1.165, 1.54) is 30.4 Å². The average molecular weight is 531 g/mol. The van der Waals surface area contributed by atoms with E-state index >= 15 is 0 Å². The summed E-state index contributed by atoms with van der Waals surface area (Å²) in [7, 11) is 1.56. The van der Waals surface area contributed by atoms with Crippen molar-refractivity contribution in [3.05, 3.63) is 40.4 Å². The first kappa shape index (κ1) is 27.9. The molecule has 1 aromatic heterocycles. The molecule has 198 valence electrons. The number of non-ortho nitro benzene ring substituents is 1. The number of carbonyl (C=O) groups excluding carboxylic acids is 1. The molecule has 37 heavy (non-hydrogen) atoms. The summed E-state index contributed by atoms with van der Waals surface area (Å²) in [5.74, 6) is 0.269. The van der Waals surface area contributed by atoms with Crippen LogP contribution in [0.25, 0.3) is 10.2 Å². The second-order valence-corrected chi connectivity index (χ2v) is 8.72. The van der Waals surface area contributed by atoms with Gasteiger partial charge in [-0.3, -0.25) is 14.9 Å². The van der Waals surface area contributed by atoms with Crippen LogP contribution in [-0.2, 0) is 14.3 Å². The molecule has 0 saturated heterocycles. The lowest BCUT2D eigenvalue weighted by Crippen LogP contribution is -2.31. The van der Waals surface area contributed by atoms with Crippen LogP contribution in [0.1, 0.15) is 20.8 Å². The third kappa shape index (κ3) is 7.65. The van der Waals surface area contributed by atoms with Gasteiger partial charge >= 0.3 is 0 Å². The first-order chi connectivity index (χ1) is 17.9. The number of ether oxygens (including phenoxy) is 3. The minimum atomic E-state index is -0.458. The van der Waals surface area contributed by atoms with Gasteiger partial charge in [-0.15, -0.1) is 10.2 Å². The zero-order valence-corrected chi connectivity index (χ0v) is 22.0. The maximum atomic E-state index is 12.0. The quantitative estimate of drug-likeness (QED) is 0.125. The number of nitro groups is 1. The lowest BCUT2D eigenvalue weighted by Gasteiger charge is -2.27. The van der Waals surface area contributed by atoms with E-state index in [1.54, 1.807) is 25.3 Å². The summed E-state index contributed by atoms with van der Waals surface area (Å²) in [5, 5.41) is 22.7. The van der Waals surface area contributed by atoms with Crippen molar-refractivity contribution in [1.29, 1.82) is 0 Å². The number of anilines is 2. The number of fused-ring (bicyclic) bond motifs is 1. The summed E-state index contributed by atoms with van der Waals surface area (Å²) in [6.07, 6.45) is 0. The number of amides is 1. The van der Waals surface area contributed by atoms with Crippen molar-refractivity contribution in [3.63, 3.8) is 0 Å². The Labute approximate surface area is 218 Å². The summed E-state index contributed by atoms with van der Waals surface area (Å²) in [4.78, 5) is 29.0. The largest absolute Gasteiger partial charge is 0.494 e. The van der Waals surface area contributed by atoms with Crippen LogP contribution in [0.3, 0.4) is 0 Å². The van der Waals surface area contributed by atoms with Gasteiger partial charge in [-0.1, -0.05) is 11.3 Å². The molecule has 0 fully saturated rings. The highest BCUT2D eigenvalue weighted by molar-refractivity contribution is 7.21. The lowest BCUT2D eigenvalue weighted by atomic mass is 10.2. The fourth-order valence-electron chi connectivity index (χ4n) is 3.49. The molecule has 0 bridgehead atoms. The van der Waals surface area contributed by atoms with Crippen LogP contribution < -0.4 is 15.0 Å². The predicted octanol–water partition coefficient (Wildman–Crippen LogP) is 5.47. The van der Waals surface area contributed by atoms with Gasteiger partial charge in [0.15, 0.2) is 0 Å². The molecule has 1 N–H and O–H groups in total. The Morgan fingerprint density at radius 3 is 2.43 bits per heavy atom. The fourth-order valence-corrected chi connectivity index (χ4v) is 4.31. The summed E-state index contributed by atoms with van der Waals surface area (Å²) in [6.45, 7) is 8.70. The van der Waals surface area contributed by atoms with Crippen LogP contribution in [-0.4, -0.2) is 62.4 Å². The number of hydrogen-bond donors (Lipinski definition) is 1. The van der Waals surface area contributed by atoms with Crippen LogP contribution in [0.2, 0.25) is 0 Å². The third-order valence-corrected chi connectivity index (χ3v) is 6.09. The topological polar surface area (TPSA) is 141 Å². The first-order valence-corrected chi connectivity index (χ1v) is 12.5. The second-order valence-electron chi connectivity index (χ2n) is 7.71. The van der Waals surface area contributed by atoms with Crippen molar-refractivity contribution in [2.45, 2.75) is 20.8 Å². The zero-order chi connectivity index (χ0) is 26.8. The third-order valence-electron chi connectivity index (χ3n) is 5.18. The first-order valence-electron chi connectivity index (χ1n) is 11.7. The summed E-state index contributed by atoms with van der Waals surface area (Å²) in [5.41, 5.74) is 2.12. The maximum absolute atomic E-state index is 12.0. The van der Waals surface area contributed by atoms with Crippen molar-refractivity contribution in [2.75, 3.05) is 56.8 Å². The molecule has 0 atom stereocenters. The van der Waals surface area contributed by atoms with Crippen LogP contribution in [0.4, 0.5) is 27.9 Å². The van der Waals surface area contributed by atoms with Crippen molar-refractivity contribution in [1.82, 2.24) is 4.98 Å². The summed E-state index contributed by atoms with van der Waals surface area (Å²) < 4.78 is 17.4. The Morgan fingerprint density at radius 2 is 1.84 bits per heavy atom. The van der Waals surface area contributed by atoms with Crippen LogP contribution in [0.15, 0.2) is 40.6 Å². The normalized spacial score (nSPS) is 11.2. The number of azo groups is 1. The minimum absolute atomic E-state index is 0.0221. The van der Waals surface area contributed by atoms with Gasteiger partial charge in [0.25, 0.3) is 5.69 Å².